The van der Waals surface area contributed by atoms with Crippen LogP contribution < -0.4 is 0 Å². The van der Waals surface area contributed by atoms with Crippen molar-refractivity contribution in [3.8, 4) is 0 Å². The van der Waals surface area contributed by atoms with Crippen molar-refractivity contribution in [1.82, 2.24) is 0 Å². The second-order valence-corrected chi connectivity index (χ2v) is 2.51. The van der Waals surface area contributed by atoms with Gasteiger partial charge in [0.05, 0.1) is 6.10 Å². The van der Waals surface area contributed by atoms with Crippen LogP contribution in [0.3, 0.4) is 0 Å². The average molecular weight is 116 g/mol. The third kappa shape index (κ3) is 0.438. The Bertz CT molecular complexity index is 121. The lowest BCUT2D eigenvalue weighted by Gasteiger charge is -2.13. The lowest BCUT2D eigenvalue weighted by Crippen LogP contribution is -2.31. The van der Waals surface area contributed by atoms with Gasteiger partial charge >= 0.3 is 0 Å². The Labute approximate surface area is 46.9 Å². The predicted octanol–water partition coefficient (Wildman–Crippen LogP) is -0.772. The van der Waals surface area contributed by atoms with E-state index in [1.807, 2.05) is 0 Å². The largest absolute Gasteiger partial charge is 0.364 e. The number of epoxide rings is 1. The Kier molecular flexibility index (Phi) is 0.635. The number of hydrogen-bond acceptors (Lipinski definition) is 3. The van der Waals surface area contributed by atoms with Crippen molar-refractivity contribution in [2.45, 2.75) is 30.8 Å². The van der Waals surface area contributed by atoms with Gasteiger partial charge in [0.1, 0.15) is 6.10 Å². The Morgan fingerprint density at radius 3 is 2.38 bits per heavy atom. The fourth-order valence-electron chi connectivity index (χ4n) is 1.27. The maximum absolute atomic E-state index is 8.94. The van der Waals surface area contributed by atoms with Crippen molar-refractivity contribution in [3.05, 3.63) is 0 Å². The summed E-state index contributed by atoms with van der Waals surface area (Å²) in [6.45, 7) is 0. The lowest BCUT2D eigenvalue weighted by atomic mass is 10.2. The van der Waals surface area contributed by atoms with E-state index < -0.39 is 5.79 Å². The van der Waals surface area contributed by atoms with Crippen LogP contribution >= 0.6 is 0 Å². The fraction of sp³-hybridized carbons (Fsp3) is 1.00. The summed E-state index contributed by atoms with van der Waals surface area (Å²) in [4.78, 5) is 0. The number of ether oxygens (including phenoxy) is 1. The molecular weight excluding hydrogens is 108 g/mol. The molecule has 2 aliphatic rings. The summed E-state index contributed by atoms with van der Waals surface area (Å²) in [5.74, 6) is -1.50. The minimum atomic E-state index is -1.50. The summed E-state index contributed by atoms with van der Waals surface area (Å²) in [7, 11) is 0. The molecule has 1 aliphatic heterocycles. The first-order chi connectivity index (χ1) is 3.70. The highest BCUT2D eigenvalue weighted by molar-refractivity contribution is 5.02. The first-order valence-corrected chi connectivity index (χ1v) is 2.80. The molecule has 1 heterocycles. The monoisotopic (exact) mass is 116 g/mol. The van der Waals surface area contributed by atoms with E-state index in [1.165, 1.54) is 0 Å². The molecule has 0 bridgehead atoms. The van der Waals surface area contributed by atoms with E-state index in [-0.39, 0.29) is 12.2 Å². The molecule has 2 rings (SSSR count). The number of fused-ring (bicyclic) bond motifs is 1. The van der Waals surface area contributed by atoms with Gasteiger partial charge in [-0.2, -0.15) is 0 Å². The highest BCUT2D eigenvalue weighted by Gasteiger charge is 2.58. The van der Waals surface area contributed by atoms with Gasteiger partial charge in [0, 0.05) is 6.42 Å². The third-order valence-corrected chi connectivity index (χ3v) is 1.83. The van der Waals surface area contributed by atoms with Crippen molar-refractivity contribution in [3.63, 3.8) is 0 Å². The maximum atomic E-state index is 8.94. The van der Waals surface area contributed by atoms with Gasteiger partial charge in [0.2, 0.25) is 0 Å². The number of aliphatic hydroxyl groups is 2. The highest BCUT2D eigenvalue weighted by Crippen LogP contribution is 2.43. The second kappa shape index (κ2) is 1.07. The highest BCUT2D eigenvalue weighted by atomic mass is 16.6. The van der Waals surface area contributed by atoms with Crippen LogP contribution in [-0.4, -0.2) is 28.2 Å². The van der Waals surface area contributed by atoms with Gasteiger partial charge in [0.25, 0.3) is 0 Å². The fourth-order valence-corrected chi connectivity index (χ4v) is 1.27. The van der Waals surface area contributed by atoms with Crippen LogP contribution in [0, 0.1) is 0 Å². The first kappa shape index (κ1) is 4.73. The van der Waals surface area contributed by atoms with E-state index in [4.69, 9.17) is 14.9 Å². The van der Waals surface area contributed by atoms with Gasteiger partial charge < -0.3 is 14.9 Å². The van der Waals surface area contributed by atoms with E-state index in [9.17, 15) is 0 Å². The van der Waals surface area contributed by atoms with Gasteiger partial charge in [-0.25, -0.2) is 0 Å². The van der Waals surface area contributed by atoms with E-state index in [1.54, 1.807) is 0 Å². The van der Waals surface area contributed by atoms with Gasteiger partial charge in [-0.3, -0.25) is 0 Å². The standard InChI is InChI=1S/C5H8O3/c6-5(7)2-1-3-4(5)8-3/h3-4,6-7H,1-2H2. The van der Waals surface area contributed by atoms with E-state index in [0.29, 0.717) is 6.42 Å². The molecule has 1 saturated carbocycles. The van der Waals surface area contributed by atoms with Crippen LogP contribution in [0.2, 0.25) is 0 Å². The molecule has 2 N–H and O–H groups in total. The molecule has 46 valence electrons. The Morgan fingerprint density at radius 2 is 2.25 bits per heavy atom. The van der Waals surface area contributed by atoms with Crippen molar-refractivity contribution in [1.29, 1.82) is 0 Å². The summed E-state index contributed by atoms with van der Waals surface area (Å²) in [6.07, 6.45) is 1.17. The molecule has 2 unspecified atom stereocenters. The molecule has 0 amide bonds. The topological polar surface area (TPSA) is 53.0 Å². The number of rotatable bonds is 0. The Balaban J connectivity index is 2.17. The molecule has 0 aromatic heterocycles. The van der Waals surface area contributed by atoms with Gasteiger partial charge in [-0.05, 0) is 6.42 Å². The third-order valence-electron chi connectivity index (χ3n) is 1.83. The minimum absolute atomic E-state index is 0.157. The van der Waals surface area contributed by atoms with Gasteiger partial charge in [0.15, 0.2) is 5.79 Å². The second-order valence-electron chi connectivity index (χ2n) is 2.51. The molecule has 3 nitrogen and oxygen atoms in total. The summed E-state index contributed by atoms with van der Waals surface area (Å²) >= 11 is 0. The van der Waals surface area contributed by atoms with Crippen molar-refractivity contribution in [2.24, 2.45) is 0 Å². The van der Waals surface area contributed by atoms with E-state index >= 15 is 0 Å². The zero-order chi connectivity index (χ0) is 5.78. The molecule has 0 radical (unpaired) electrons. The smallest absolute Gasteiger partial charge is 0.192 e. The summed E-state index contributed by atoms with van der Waals surface area (Å²) in [5, 5.41) is 17.9. The van der Waals surface area contributed by atoms with Crippen LogP contribution in [-0.2, 0) is 4.74 Å². The molecule has 1 aliphatic carbocycles. The molecule has 8 heavy (non-hydrogen) atoms. The van der Waals surface area contributed by atoms with Crippen LogP contribution in [0.25, 0.3) is 0 Å². The molecule has 2 atom stereocenters. The molecule has 1 saturated heterocycles. The minimum Gasteiger partial charge on any atom is -0.364 e. The van der Waals surface area contributed by atoms with Crippen LogP contribution in [0.1, 0.15) is 12.8 Å². The first-order valence-electron chi connectivity index (χ1n) is 2.80. The predicted molar refractivity (Wildman–Crippen MR) is 25.1 cm³/mol. The summed E-state index contributed by atoms with van der Waals surface area (Å²) in [5.41, 5.74) is 0. The Hall–Kier alpha value is -0.120. The van der Waals surface area contributed by atoms with Crippen molar-refractivity contribution in [2.75, 3.05) is 0 Å². The summed E-state index contributed by atoms with van der Waals surface area (Å²) in [6, 6.07) is 0. The van der Waals surface area contributed by atoms with Crippen LogP contribution in [0.5, 0.6) is 0 Å². The SMILES string of the molecule is OC1(O)CCC2OC21. The zero-order valence-corrected chi connectivity index (χ0v) is 4.37. The molecule has 0 aromatic carbocycles. The van der Waals surface area contributed by atoms with Crippen molar-refractivity contribution < 1.29 is 14.9 Å². The molecule has 2 fully saturated rings. The summed E-state index contributed by atoms with van der Waals surface area (Å²) < 4.78 is 4.87. The van der Waals surface area contributed by atoms with Crippen LogP contribution in [0.15, 0.2) is 0 Å². The molecule has 3 heteroatoms. The molecular formula is C5H8O3. The van der Waals surface area contributed by atoms with Crippen molar-refractivity contribution >= 4 is 0 Å². The van der Waals surface area contributed by atoms with E-state index in [0.717, 1.165) is 6.42 Å². The van der Waals surface area contributed by atoms with E-state index in [2.05, 4.69) is 0 Å². The lowest BCUT2D eigenvalue weighted by molar-refractivity contribution is -0.175. The normalized spacial score (nSPS) is 48.8. The maximum Gasteiger partial charge on any atom is 0.192 e. The molecule has 0 aromatic rings. The van der Waals surface area contributed by atoms with Gasteiger partial charge in [-0.1, -0.05) is 0 Å². The quantitative estimate of drug-likeness (QED) is 0.323. The number of hydrogen-bond donors (Lipinski definition) is 2. The van der Waals surface area contributed by atoms with Crippen LogP contribution in [0.4, 0.5) is 0 Å². The molecule has 0 spiro atoms. The Morgan fingerprint density at radius 1 is 1.50 bits per heavy atom. The van der Waals surface area contributed by atoms with Gasteiger partial charge in [-0.15, -0.1) is 0 Å². The average Bonchev–Trinajstić information content (AvgIpc) is 2.34. The zero-order valence-electron chi connectivity index (χ0n) is 4.37.